The second kappa shape index (κ2) is 15.2. The van der Waals surface area contributed by atoms with E-state index in [2.05, 4.69) is 79.1 Å². The minimum absolute atomic E-state index is 0. The van der Waals surface area contributed by atoms with Gasteiger partial charge in [0, 0.05) is 25.8 Å². The van der Waals surface area contributed by atoms with Gasteiger partial charge in [-0.2, -0.15) is 0 Å². The first-order valence-electron chi connectivity index (χ1n) is 11.6. The van der Waals surface area contributed by atoms with Crippen LogP contribution >= 0.6 is 24.0 Å². The Morgan fingerprint density at radius 2 is 1.78 bits per heavy atom. The number of ether oxygens (including phenoxy) is 2. The lowest BCUT2D eigenvalue weighted by atomic mass is 10.1. The number of rotatable bonds is 10. The van der Waals surface area contributed by atoms with Crippen LogP contribution in [0.5, 0.6) is 0 Å². The summed E-state index contributed by atoms with van der Waals surface area (Å²) in [5, 5.41) is 6.91. The van der Waals surface area contributed by atoms with Gasteiger partial charge >= 0.3 is 0 Å². The molecule has 176 valence electrons. The van der Waals surface area contributed by atoms with Crippen molar-refractivity contribution in [2.45, 2.75) is 64.8 Å². The molecule has 0 aliphatic carbocycles. The Kier molecular flexibility index (Phi) is 12.7. The van der Waals surface area contributed by atoms with E-state index in [1.54, 1.807) is 0 Å². The van der Waals surface area contributed by atoms with E-state index in [4.69, 9.17) is 14.5 Å². The molecule has 0 aromatic heterocycles. The number of nitrogens with one attached hydrogen (secondary N) is 2. The van der Waals surface area contributed by atoms with Gasteiger partial charge in [-0.05, 0) is 56.2 Å². The van der Waals surface area contributed by atoms with E-state index in [1.807, 2.05) is 0 Å². The molecule has 2 aromatic rings. The summed E-state index contributed by atoms with van der Waals surface area (Å²) < 4.78 is 11.5. The number of benzene rings is 2. The van der Waals surface area contributed by atoms with E-state index in [1.165, 1.54) is 16.7 Å². The lowest BCUT2D eigenvalue weighted by Gasteiger charge is -2.22. The van der Waals surface area contributed by atoms with E-state index < -0.39 is 0 Å². The summed E-state index contributed by atoms with van der Waals surface area (Å²) in [6.07, 6.45) is 4.42. The Balaban J connectivity index is 0.00000363. The largest absolute Gasteiger partial charge is 0.381 e. The number of hydrogen-bond acceptors (Lipinski definition) is 3. The molecule has 3 rings (SSSR count). The molecule has 1 aliphatic rings. The minimum atomic E-state index is 0. The van der Waals surface area contributed by atoms with E-state index in [9.17, 15) is 0 Å². The van der Waals surface area contributed by atoms with Crippen molar-refractivity contribution in [1.82, 2.24) is 10.6 Å². The minimum Gasteiger partial charge on any atom is -0.381 e. The summed E-state index contributed by atoms with van der Waals surface area (Å²) in [6, 6.07) is 19.5. The highest BCUT2D eigenvalue weighted by Crippen LogP contribution is 2.14. The molecule has 0 spiro atoms. The fraction of sp³-hybridized carbons (Fsp3) is 0.500. The molecule has 6 heteroatoms. The lowest BCUT2D eigenvalue weighted by molar-refractivity contribution is -0.0390. The van der Waals surface area contributed by atoms with Gasteiger partial charge in [0.25, 0.3) is 0 Å². The van der Waals surface area contributed by atoms with E-state index in [0.29, 0.717) is 25.3 Å². The standard InChI is InChI=1S/C26H37N3O2.HI/c1-3-27-26(29-21(2)12-13-22-8-5-4-6-9-22)28-19-23-10-7-11-24(18-23)20-31-25-14-16-30-17-15-25;/h4-11,18,21,25H,3,12-17,19-20H2,1-2H3,(H2,27,28,29);1H. The van der Waals surface area contributed by atoms with Crippen LogP contribution in [0.1, 0.15) is 49.8 Å². The van der Waals surface area contributed by atoms with Crippen molar-refractivity contribution in [3.63, 3.8) is 0 Å². The summed E-state index contributed by atoms with van der Waals surface area (Å²) in [6.45, 7) is 8.07. The van der Waals surface area contributed by atoms with Gasteiger partial charge in [0.05, 0.1) is 19.3 Å². The quantitative estimate of drug-likeness (QED) is 0.246. The van der Waals surface area contributed by atoms with Crippen LogP contribution < -0.4 is 10.6 Å². The van der Waals surface area contributed by atoms with Crippen molar-refractivity contribution < 1.29 is 9.47 Å². The number of halogens is 1. The lowest BCUT2D eigenvalue weighted by Crippen LogP contribution is -2.42. The van der Waals surface area contributed by atoms with Gasteiger partial charge in [-0.25, -0.2) is 4.99 Å². The van der Waals surface area contributed by atoms with Crippen LogP contribution in [-0.4, -0.2) is 37.9 Å². The molecule has 1 heterocycles. The first-order chi connectivity index (χ1) is 15.2. The maximum Gasteiger partial charge on any atom is 0.191 e. The smallest absolute Gasteiger partial charge is 0.191 e. The zero-order valence-corrected chi connectivity index (χ0v) is 21.7. The van der Waals surface area contributed by atoms with Gasteiger partial charge in [-0.1, -0.05) is 54.6 Å². The van der Waals surface area contributed by atoms with Gasteiger partial charge in [0.1, 0.15) is 0 Å². The molecule has 1 aliphatic heterocycles. The summed E-state index contributed by atoms with van der Waals surface area (Å²) in [4.78, 5) is 4.81. The predicted octanol–water partition coefficient (Wildman–Crippen LogP) is 5.08. The second-order valence-electron chi connectivity index (χ2n) is 8.21. The van der Waals surface area contributed by atoms with Crippen molar-refractivity contribution in [3.05, 3.63) is 71.3 Å². The molecule has 1 fully saturated rings. The van der Waals surface area contributed by atoms with Crippen LogP contribution in [0.2, 0.25) is 0 Å². The number of aryl methyl sites for hydroxylation is 1. The molecule has 0 amide bonds. The molecule has 0 bridgehead atoms. The van der Waals surface area contributed by atoms with Crippen LogP contribution in [0.4, 0.5) is 0 Å². The van der Waals surface area contributed by atoms with Crippen LogP contribution in [0.3, 0.4) is 0 Å². The van der Waals surface area contributed by atoms with Gasteiger partial charge in [0.2, 0.25) is 0 Å². The average Bonchev–Trinajstić information content (AvgIpc) is 2.82. The highest BCUT2D eigenvalue weighted by molar-refractivity contribution is 14.0. The van der Waals surface area contributed by atoms with E-state index in [0.717, 1.165) is 51.4 Å². The normalized spacial score (nSPS) is 15.6. The van der Waals surface area contributed by atoms with Crippen LogP contribution in [0.15, 0.2) is 59.6 Å². The van der Waals surface area contributed by atoms with Crippen LogP contribution in [0, 0.1) is 0 Å². The number of nitrogens with zero attached hydrogens (tertiary/aromatic N) is 1. The molecule has 0 saturated carbocycles. The Bertz CT molecular complexity index is 795. The summed E-state index contributed by atoms with van der Waals surface area (Å²) >= 11 is 0. The second-order valence-corrected chi connectivity index (χ2v) is 8.21. The first kappa shape index (κ1) is 26.6. The average molecular weight is 552 g/mol. The molecular formula is C26H38IN3O2. The molecule has 2 aromatic carbocycles. The Hall–Kier alpha value is -1.64. The SMILES string of the molecule is CCNC(=NCc1cccc(COC2CCOCC2)c1)NC(C)CCc1ccccc1.I. The van der Waals surface area contributed by atoms with Crippen LogP contribution in [-0.2, 0) is 29.0 Å². The molecular weight excluding hydrogens is 513 g/mol. The fourth-order valence-corrected chi connectivity index (χ4v) is 3.70. The highest BCUT2D eigenvalue weighted by Gasteiger charge is 2.14. The van der Waals surface area contributed by atoms with Gasteiger partial charge in [0.15, 0.2) is 5.96 Å². The third-order valence-corrected chi connectivity index (χ3v) is 5.50. The molecule has 1 saturated heterocycles. The Morgan fingerprint density at radius 1 is 1.06 bits per heavy atom. The molecule has 0 radical (unpaired) electrons. The Labute approximate surface area is 210 Å². The third kappa shape index (κ3) is 9.88. The monoisotopic (exact) mass is 551 g/mol. The maximum atomic E-state index is 6.06. The summed E-state index contributed by atoms with van der Waals surface area (Å²) in [5.74, 6) is 0.868. The van der Waals surface area contributed by atoms with Crippen LogP contribution in [0.25, 0.3) is 0 Å². The first-order valence-corrected chi connectivity index (χ1v) is 11.6. The molecule has 32 heavy (non-hydrogen) atoms. The van der Waals surface area contributed by atoms with Gasteiger partial charge in [-0.3, -0.25) is 0 Å². The van der Waals surface area contributed by atoms with Gasteiger partial charge in [-0.15, -0.1) is 24.0 Å². The van der Waals surface area contributed by atoms with Crippen molar-refractivity contribution in [1.29, 1.82) is 0 Å². The highest BCUT2D eigenvalue weighted by atomic mass is 127. The molecule has 2 N–H and O–H groups in total. The molecule has 1 unspecified atom stereocenters. The zero-order chi connectivity index (χ0) is 21.7. The number of hydrogen-bond donors (Lipinski definition) is 2. The zero-order valence-electron chi connectivity index (χ0n) is 19.4. The van der Waals surface area contributed by atoms with Gasteiger partial charge < -0.3 is 20.1 Å². The fourth-order valence-electron chi connectivity index (χ4n) is 3.70. The summed E-state index contributed by atoms with van der Waals surface area (Å²) in [7, 11) is 0. The van der Waals surface area contributed by atoms with Crippen molar-refractivity contribution in [2.24, 2.45) is 4.99 Å². The van der Waals surface area contributed by atoms with Crippen molar-refractivity contribution in [3.8, 4) is 0 Å². The topological polar surface area (TPSA) is 54.9 Å². The Morgan fingerprint density at radius 3 is 2.53 bits per heavy atom. The van der Waals surface area contributed by atoms with E-state index >= 15 is 0 Å². The third-order valence-electron chi connectivity index (χ3n) is 5.50. The number of aliphatic imine (C=N–C) groups is 1. The molecule has 1 atom stereocenters. The summed E-state index contributed by atoms with van der Waals surface area (Å²) in [5.41, 5.74) is 3.77. The van der Waals surface area contributed by atoms with Crippen molar-refractivity contribution in [2.75, 3.05) is 19.8 Å². The predicted molar refractivity (Wildman–Crippen MR) is 143 cm³/mol. The molecule has 5 nitrogen and oxygen atoms in total. The van der Waals surface area contributed by atoms with Crippen molar-refractivity contribution >= 4 is 29.9 Å². The van der Waals surface area contributed by atoms with E-state index in [-0.39, 0.29) is 24.0 Å². The maximum absolute atomic E-state index is 6.06. The number of guanidine groups is 1.